The summed E-state index contributed by atoms with van der Waals surface area (Å²) < 4.78 is 15.1. The number of carbonyl (C=O) groups excluding carboxylic acids is 1. The third-order valence-electron chi connectivity index (χ3n) is 1.45. The molecule has 12 heavy (non-hydrogen) atoms. The highest BCUT2D eigenvalue weighted by molar-refractivity contribution is 7.93. The lowest BCUT2D eigenvalue weighted by molar-refractivity contribution is -0.124. The van der Waals surface area contributed by atoms with E-state index in [2.05, 4.69) is 4.36 Å². The molecule has 0 rings (SSSR count). The van der Waals surface area contributed by atoms with E-state index in [1.165, 1.54) is 6.26 Å². The van der Waals surface area contributed by atoms with Gasteiger partial charge in [0.15, 0.2) is 0 Å². The van der Waals surface area contributed by atoms with Gasteiger partial charge < -0.3 is 0 Å². The zero-order chi connectivity index (χ0) is 9.99. The van der Waals surface area contributed by atoms with Gasteiger partial charge in [0, 0.05) is 17.4 Å². The number of carbonyl (C=O) groups is 1. The van der Waals surface area contributed by atoms with Crippen LogP contribution in [0.1, 0.15) is 27.7 Å². The molecule has 0 saturated heterocycles. The highest BCUT2D eigenvalue weighted by Gasteiger charge is 2.21. The summed E-state index contributed by atoms with van der Waals surface area (Å²) in [5.41, 5.74) is -0.520. The second-order valence-electron chi connectivity index (χ2n) is 3.89. The Hall–Kier alpha value is -0.380. The maximum atomic E-state index is 11.4. The summed E-state index contributed by atoms with van der Waals surface area (Å²) in [6, 6.07) is 0. The summed E-state index contributed by atoms with van der Waals surface area (Å²) in [6.07, 6.45) is 1.51. The lowest BCUT2D eigenvalue weighted by Gasteiger charge is -2.12. The van der Waals surface area contributed by atoms with Crippen molar-refractivity contribution in [1.82, 2.24) is 0 Å². The van der Waals surface area contributed by atoms with Crippen LogP contribution in [0, 0.1) is 5.41 Å². The fourth-order valence-corrected chi connectivity index (χ4v) is 1.13. The zero-order valence-corrected chi connectivity index (χ0v) is 9.20. The maximum Gasteiger partial charge on any atom is 0.259 e. The molecule has 0 N–H and O–H groups in total. The van der Waals surface area contributed by atoms with E-state index >= 15 is 0 Å². The summed E-state index contributed by atoms with van der Waals surface area (Å²) >= 11 is 0. The number of nitrogens with zero attached hydrogens (tertiary/aromatic N) is 1. The van der Waals surface area contributed by atoms with Crippen LogP contribution in [0.3, 0.4) is 0 Å². The van der Waals surface area contributed by atoms with Crippen molar-refractivity contribution in [2.24, 2.45) is 9.78 Å². The topological polar surface area (TPSA) is 46.5 Å². The monoisotopic (exact) mass is 191 g/mol. The Morgan fingerprint density at radius 1 is 1.42 bits per heavy atom. The molecule has 4 heteroatoms. The number of amides is 1. The number of hydrogen-bond donors (Lipinski definition) is 0. The molecule has 0 spiro atoms. The van der Waals surface area contributed by atoms with Crippen LogP contribution in [0.15, 0.2) is 4.36 Å². The van der Waals surface area contributed by atoms with Crippen LogP contribution in [0.5, 0.6) is 0 Å². The average molecular weight is 191 g/mol. The minimum Gasteiger partial charge on any atom is -0.271 e. The second kappa shape index (κ2) is 3.56. The molecule has 0 aromatic heterocycles. The molecule has 0 aromatic carbocycles. The molecular formula is C8H17NO2S. The van der Waals surface area contributed by atoms with Gasteiger partial charge in [0.1, 0.15) is 0 Å². The van der Waals surface area contributed by atoms with Gasteiger partial charge in [-0.25, -0.2) is 4.21 Å². The molecule has 3 nitrogen and oxygen atoms in total. The maximum absolute atomic E-state index is 11.4. The van der Waals surface area contributed by atoms with Crippen LogP contribution >= 0.6 is 0 Å². The molecule has 0 saturated carbocycles. The molecule has 1 amide bonds. The van der Waals surface area contributed by atoms with Gasteiger partial charge in [0.05, 0.1) is 9.73 Å². The van der Waals surface area contributed by atoms with Crippen LogP contribution in [-0.4, -0.2) is 22.1 Å². The molecule has 0 aromatic rings. The van der Waals surface area contributed by atoms with Crippen LogP contribution in [0.2, 0.25) is 0 Å². The van der Waals surface area contributed by atoms with E-state index in [0.29, 0.717) is 5.75 Å². The molecule has 0 bridgehead atoms. The minimum atomic E-state index is -2.28. The first-order valence-corrected chi connectivity index (χ1v) is 6.02. The number of hydrogen-bond acceptors (Lipinski definition) is 2. The molecule has 0 aliphatic rings. The lowest BCUT2D eigenvalue weighted by Crippen LogP contribution is -2.19. The fourth-order valence-electron chi connectivity index (χ4n) is 0.377. The molecule has 1 unspecified atom stereocenters. The van der Waals surface area contributed by atoms with Gasteiger partial charge >= 0.3 is 0 Å². The normalized spacial score (nSPS) is 16.8. The SMILES string of the molecule is CCS(C)(=O)=NC(=O)C(C)(C)C. The van der Waals surface area contributed by atoms with Crippen molar-refractivity contribution in [3.8, 4) is 0 Å². The Morgan fingerprint density at radius 3 is 2.08 bits per heavy atom. The molecule has 0 fully saturated rings. The minimum absolute atomic E-state index is 0.281. The van der Waals surface area contributed by atoms with Crippen molar-refractivity contribution >= 4 is 15.6 Å². The Labute approximate surface area is 74.7 Å². The van der Waals surface area contributed by atoms with Crippen LogP contribution in [0.4, 0.5) is 0 Å². The smallest absolute Gasteiger partial charge is 0.259 e. The van der Waals surface area contributed by atoms with Gasteiger partial charge in [-0.05, 0) is 0 Å². The van der Waals surface area contributed by atoms with Crippen molar-refractivity contribution in [2.45, 2.75) is 27.7 Å². The summed E-state index contributed by atoms with van der Waals surface area (Å²) in [6.45, 7) is 7.07. The predicted octanol–water partition coefficient (Wildman–Crippen LogP) is 1.68. The molecule has 0 aliphatic heterocycles. The third-order valence-corrected chi connectivity index (χ3v) is 3.08. The van der Waals surface area contributed by atoms with E-state index < -0.39 is 15.1 Å². The first-order valence-electron chi connectivity index (χ1n) is 3.93. The highest BCUT2D eigenvalue weighted by atomic mass is 32.2. The first-order chi connectivity index (χ1) is 5.19. The first kappa shape index (κ1) is 11.6. The molecular weight excluding hydrogens is 174 g/mol. The largest absolute Gasteiger partial charge is 0.271 e. The fraction of sp³-hybridized carbons (Fsp3) is 0.875. The van der Waals surface area contributed by atoms with Crippen molar-refractivity contribution in [2.75, 3.05) is 12.0 Å². The van der Waals surface area contributed by atoms with Gasteiger partial charge in [-0.2, -0.15) is 4.36 Å². The lowest BCUT2D eigenvalue weighted by atomic mass is 9.96. The molecule has 1 atom stereocenters. The van der Waals surface area contributed by atoms with Crippen molar-refractivity contribution in [3.63, 3.8) is 0 Å². The zero-order valence-electron chi connectivity index (χ0n) is 8.38. The van der Waals surface area contributed by atoms with Gasteiger partial charge in [-0.1, -0.05) is 27.7 Å². The second-order valence-corrected chi connectivity index (χ2v) is 6.57. The van der Waals surface area contributed by atoms with Crippen molar-refractivity contribution in [1.29, 1.82) is 0 Å². The van der Waals surface area contributed by atoms with Crippen LogP contribution in [0.25, 0.3) is 0 Å². The summed E-state index contributed by atoms with van der Waals surface area (Å²) in [5.74, 6) is 0.145. The summed E-state index contributed by atoms with van der Waals surface area (Å²) in [4.78, 5) is 11.3. The van der Waals surface area contributed by atoms with E-state index in [9.17, 15) is 9.00 Å². The Morgan fingerprint density at radius 2 is 1.83 bits per heavy atom. The quantitative estimate of drug-likeness (QED) is 0.633. The third kappa shape index (κ3) is 3.85. The highest BCUT2D eigenvalue weighted by Crippen LogP contribution is 2.16. The van der Waals surface area contributed by atoms with E-state index in [4.69, 9.17) is 0 Å². The van der Waals surface area contributed by atoms with Gasteiger partial charge in [0.25, 0.3) is 5.91 Å². The van der Waals surface area contributed by atoms with E-state index in [-0.39, 0.29) is 5.91 Å². The summed E-state index contributed by atoms with van der Waals surface area (Å²) in [7, 11) is -2.28. The Kier molecular flexibility index (Phi) is 3.45. The molecule has 0 heterocycles. The van der Waals surface area contributed by atoms with E-state index in [1.807, 2.05) is 0 Å². The average Bonchev–Trinajstić information content (AvgIpc) is 1.85. The van der Waals surface area contributed by atoms with E-state index in [0.717, 1.165) is 0 Å². The molecule has 72 valence electrons. The summed E-state index contributed by atoms with van der Waals surface area (Å²) in [5, 5.41) is 0. The van der Waals surface area contributed by atoms with Crippen LogP contribution in [-0.2, 0) is 14.5 Å². The van der Waals surface area contributed by atoms with Crippen molar-refractivity contribution in [3.05, 3.63) is 0 Å². The number of rotatable bonds is 1. The molecule has 0 aliphatic carbocycles. The molecule has 0 radical (unpaired) electrons. The Bertz CT molecular complexity index is 280. The van der Waals surface area contributed by atoms with Crippen molar-refractivity contribution < 1.29 is 9.00 Å². The Balaban J connectivity index is 4.81. The van der Waals surface area contributed by atoms with Gasteiger partial charge in [0.2, 0.25) is 0 Å². The standard InChI is InChI=1S/C8H17NO2S/c1-6-12(5,11)9-7(10)8(2,3)4/h6H2,1-5H3. The van der Waals surface area contributed by atoms with E-state index in [1.54, 1.807) is 27.7 Å². The predicted molar refractivity (Wildman–Crippen MR) is 51.5 cm³/mol. The van der Waals surface area contributed by atoms with Gasteiger partial charge in [-0.15, -0.1) is 0 Å². The van der Waals surface area contributed by atoms with Gasteiger partial charge in [-0.3, -0.25) is 4.79 Å². The van der Waals surface area contributed by atoms with Crippen LogP contribution < -0.4 is 0 Å².